The summed E-state index contributed by atoms with van der Waals surface area (Å²) in [5.41, 5.74) is -1.74. The largest absolute Gasteiger partial charge is 0.486 e. The highest BCUT2D eigenvalue weighted by Gasteiger charge is 2.41. The molecular formula is C25H25F6NO4. The number of benzene rings is 2. The molecule has 2 unspecified atom stereocenters. The summed E-state index contributed by atoms with van der Waals surface area (Å²) in [7, 11) is 1.33. The van der Waals surface area contributed by atoms with Gasteiger partial charge in [-0.25, -0.2) is 0 Å². The molecule has 2 heterocycles. The molecule has 1 saturated heterocycles. The van der Waals surface area contributed by atoms with Gasteiger partial charge in [-0.3, -0.25) is 9.69 Å². The van der Waals surface area contributed by atoms with Crippen LogP contribution in [0.25, 0.3) is 0 Å². The van der Waals surface area contributed by atoms with Crippen LogP contribution in [0.15, 0.2) is 36.4 Å². The summed E-state index contributed by atoms with van der Waals surface area (Å²) in [5.74, 6) is 0.334. The van der Waals surface area contributed by atoms with Crippen molar-refractivity contribution in [3.63, 3.8) is 0 Å². The Bertz CT molecular complexity index is 1110. The lowest BCUT2D eigenvalue weighted by Gasteiger charge is -2.44. The third kappa shape index (κ3) is 5.71. The number of fused-ring (bicyclic) bond motifs is 1. The van der Waals surface area contributed by atoms with Crippen LogP contribution in [-0.4, -0.2) is 43.8 Å². The molecule has 2 aliphatic rings. The van der Waals surface area contributed by atoms with Crippen molar-refractivity contribution in [1.29, 1.82) is 0 Å². The zero-order valence-electron chi connectivity index (χ0n) is 19.6. The van der Waals surface area contributed by atoms with Gasteiger partial charge in [-0.2, -0.15) is 26.3 Å². The van der Waals surface area contributed by atoms with E-state index in [0.717, 1.165) is 5.56 Å². The molecule has 4 rings (SSSR count). The average molecular weight is 517 g/mol. The summed E-state index contributed by atoms with van der Waals surface area (Å²) in [5, 5.41) is 0. The zero-order chi connectivity index (χ0) is 26.3. The molecule has 36 heavy (non-hydrogen) atoms. The molecule has 0 aromatic heterocycles. The van der Waals surface area contributed by atoms with E-state index in [1.54, 1.807) is 24.0 Å². The Kier molecular flexibility index (Phi) is 7.14. The van der Waals surface area contributed by atoms with Crippen molar-refractivity contribution in [2.24, 2.45) is 11.8 Å². The Labute approximate surface area is 203 Å². The van der Waals surface area contributed by atoms with Crippen LogP contribution in [0.2, 0.25) is 0 Å². The molecular weight excluding hydrogens is 492 g/mol. The molecule has 2 aromatic carbocycles. The summed E-state index contributed by atoms with van der Waals surface area (Å²) in [6.45, 7) is 2.46. The monoisotopic (exact) mass is 517 g/mol. The first-order valence-corrected chi connectivity index (χ1v) is 11.3. The number of halogens is 6. The number of hydrogen-bond donors (Lipinski definition) is 0. The molecule has 2 aliphatic heterocycles. The zero-order valence-corrected chi connectivity index (χ0v) is 19.6. The predicted molar refractivity (Wildman–Crippen MR) is 116 cm³/mol. The topological polar surface area (TPSA) is 48.0 Å². The van der Waals surface area contributed by atoms with Gasteiger partial charge in [0.2, 0.25) is 0 Å². The van der Waals surface area contributed by atoms with E-state index in [9.17, 15) is 31.1 Å². The molecule has 0 radical (unpaired) electrons. The van der Waals surface area contributed by atoms with Gasteiger partial charge in [-0.1, -0.05) is 13.0 Å². The minimum atomic E-state index is -4.75. The number of alkyl halides is 6. The van der Waals surface area contributed by atoms with Gasteiger partial charge in [-0.15, -0.1) is 0 Å². The number of carbonyl (C=O) groups is 1. The third-order valence-electron chi connectivity index (χ3n) is 6.48. The number of esters is 1. The lowest BCUT2D eigenvalue weighted by Crippen LogP contribution is -2.55. The predicted octanol–water partition coefficient (Wildman–Crippen LogP) is 5.35. The molecule has 2 aromatic rings. The van der Waals surface area contributed by atoms with E-state index in [4.69, 9.17) is 14.2 Å². The van der Waals surface area contributed by atoms with Crippen LogP contribution < -0.4 is 9.47 Å². The van der Waals surface area contributed by atoms with Crippen LogP contribution in [0.4, 0.5) is 26.3 Å². The van der Waals surface area contributed by atoms with Crippen molar-refractivity contribution in [3.8, 4) is 11.5 Å². The number of nitrogens with zero attached hydrogens (tertiary/aromatic N) is 1. The SMILES string of the molecule is COC(=O)C(C)Cc1ccc2c(c1)OC(C1CN(Cc3cc(C(F)(F)F)ccc3C(F)(F)F)C1)CO2. The van der Waals surface area contributed by atoms with Crippen LogP contribution in [-0.2, 0) is 34.8 Å². The standard InChI is InChI=1S/C25H25F6NO4/c1-14(23(33)34-2)7-15-3-6-20-21(8-15)36-22(13-35-20)17-11-32(12-17)10-16-9-18(24(26,27)28)4-5-19(16)25(29,30)31/h3-6,8-9,14,17,22H,7,10-13H2,1-2H3. The highest BCUT2D eigenvalue weighted by atomic mass is 19.4. The van der Waals surface area contributed by atoms with E-state index in [0.29, 0.717) is 49.2 Å². The number of likely N-dealkylation sites (tertiary alicyclic amines) is 1. The summed E-state index contributed by atoms with van der Waals surface area (Å²) < 4.78 is 95.9. The second-order valence-corrected chi connectivity index (χ2v) is 9.20. The van der Waals surface area contributed by atoms with Gasteiger partial charge in [-0.05, 0) is 47.9 Å². The lowest BCUT2D eigenvalue weighted by atomic mass is 9.91. The molecule has 0 amide bonds. The number of hydrogen-bond acceptors (Lipinski definition) is 5. The van der Waals surface area contributed by atoms with E-state index in [2.05, 4.69) is 0 Å². The van der Waals surface area contributed by atoms with Gasteiger partial charge in [0.05, 0.1) is 24.2 Å². The number of ether oxygens (including phenoxy) is 3. The molecule has 0 bridgehead atoms. The van der Waals surface area contributed by atoms with Crippen LogP contribution >= 0.6 is 0 Å². The van der Waals surface area contributed by atoms with E-state index in [1.165, 1.54) is 7.11 Å². The number of rotatable bonds is 6. The van der Waals surface area contributed by atoms with Crippen LogP contribution in [0.3, 0.4) is 0 Å². The van der Waals surface area contributed by atoms with Gasteiger partial charge in [0.1, 0.15) is 12.7 Å². The van der Waals surface area contributed by atoms with Crippen molar-refractivity contribution in [2.75, 3.05) is 26.8 Å². The maximum atomic E-state index is 13.4. The van der Waals surface area contributed by atoms with Crippen LogP contribution in [0, 0.1) is 11.8 Å². The minimum absolute atomic E-state index is 0.0593. The minimum Gasteiger partial charge on any atom is -0.486 e. The highest BCUT2D eigenvalue weighted by Crippen LogP contribution is 2.39. The first-order chi connectivity index (χ1) is 16.8. The van der Waals surface area contributed by atoms with Crippen molar-refractivity contribution in [2.45, 2.75) is 38.3 Å². The van der Waals surface area contributed by atoms with Crippen LogP contribution in [0.1, 0.15) is 29.2 Å². The first kappa shape index (κ1) is 26.1. The van der Waals surface area contributed by atoms with E-state index < -0.39 is 29.0 Å². The molecule has 5 nitrogen and oxygen atoms in total. The molecule has 0 spiro atoms. The van der Waals surface area contributed by atoms with E-state index >= 15 is 0 Å². The van der Waals surface area contributed by atoms with Gasteiger partial charge in [0.15, 0.2) is 11.5 Å². The molecule has 0 aliphatic carbocycles. The Balaban J connectivity index is 1.39. The number of methoxy groups -OCH3 is 1. The fraction of sp³-hybridized carbons (Fsp3) is 0.480. The van der Waals surface area contributed by atoms with Crippen LogP contribution in [0.5, 0.6) is 11.5 Å². The quantitative estimate of drug-likeness (QED) is 0.382. The molecule has 1 fully saturated rings. The smallest absolute Gasteiger partial charge is 0.416 e. The van der Waals surface area contributed by atoms with Gasteiger partial charge in [0, 0.05) is 25.6 Å². The Morgan fingerprint density at radius 1 is 1.06 bits per heavy atom. The summed E-state index contributed by atoms with van der Waals surface area (Å²) >= 11 is 0. The summed E-state index contributed by atoms with van der Waals surface area (Å²) in [4.78, 5) is 13.4. The lowest BCUT2D eigenvalue weighted by molar-refractivity contribution is -0.144. The highest BCUT2D eigenvalue weighted by molar-refractivity contribution is 5.72. The first-order valence-electron chi connectivity index (χ1n) is 11.3. The molecule has 11 heteroatoms. The fourth-order valence-corrected chi connectivity index (χ4v) is 4.52. The van der Waals surface area contributed by atoms with Crippen molar-refractivity contribution in [1.82, 2.24) is 4.90 Å². The molecule has 0 saturated carbocycles. The Morgan fingerprint density at radius 2 is 1.78 bits per heavy atom. The normalized spacial score (nSPS) is 19.5. The maximum Gasteiger partial charge on any atom is 0.416 e. The Morgan fingerprint density at radius 3 is 2.42 bits per heavy atom. The summed E-state index contributed by atoms with van der Waals surface area (Å²) in [6, 6.07) is 6.89. The third-order valence-corrected chi connectivity index (χ3v) is 6.48. The van der Waals surface area contributed by atoms with E-state index in [1.807, 2.05) is 6.07 Å². The molecule has 0 N–H and O–H groups in total. The van der Waals surface area contributed by atoms with E-state index in [-0.39, 0.29) is 37.1 Å². The average Bonchev–Trinajstić information content (AvgIpc) is 2.78. The second kappa shape index (κ2) is 9.84. The molecule has 196 valence electrons. The van der Waals surface area contributed by atoms with Crippen molar-refractivity contribution in [3.05, 3.63) is 58.7 Å². The van der Waals surface area contributed by atoms with Gasteiger partial charge >= 0.3 is 18.3 Å². The fourth-order valence-electron chi connectivity index (χ4n) is 4.52. The van der Waals surface area contributed by atoms with Gasteiger partial charge < -0.3 is 14.2 Å². The number of carbonyl (C=O) groups excluding carboxylic acids is 1. The van der Waals surface area contributed by atoms with Crippen molar-refractivity contribution >= 4 is 5.97 Å². The second-order valence-electron chi connectivity index (χ2n) is 9.20. The summed E-state index contributed by atoms with van der Waals surface area (Å²) in [6.07, 6.45) is -9.39. The molecule has 2 atom stereocenters. The Hall–Kier alpha value is -2.95. The van der Waals surface area contributed by atoms with Gasteiger partial charge in [0.25, 0.3) is 0 Å². The maximum absolute atomic E-state index is 13.4. The van der Waals surface area contributed by atoms with Crippen molar-refractivity contribution < 1.29 is 45.3 Å².